The van der Waals surface area contributed by atoms with E-state index in [1.807, 2.05) is 43.3 Å². The van der Waals surface area contributed by atoms with Crippen molar-refractivity contribution < 1.29 is 9.53 Å². The normalized spacial score (nSPS) is 10.7. The molecule has 0 amide bonds. The van der Waals surface area contributed by atoms with Gasteiger partial charge in [0.1, 0.15) is 12.3 Å². The van der Waals surface area contributed by atoms with Crippen LogP contribution in [0.3, 0.4) is 0 Å². The molecule has 0 bridgehead atoms. The average Bonchev–Trinajstić information content (AvgIpc) is 2.60. The first-order chi connectivity index (χ1) is 11.6. The first kappa shape index (κ1) is 15.9. The van der Waals surface area contributed by atoms with Crippen molar-refractivity contribution in [1.82, 2.24) is 9.38 Å². The Labute approximate surface area is 139 Å². The number of rotatable bonds is 5. The summed E-state index contributed by atoms with van der Waals surface area (Å²) in [6, 6.07) is 14.9. The molecule has 3 aromatic rings. The van der Waals surface area contributed by atoms with Gasteiger partial charge in [-0.3, -0.25) is 14.0 Å². The van der Waals surface area contributed by atoms with Crippen molar-refractivity contribution in [2.24, 2.45) is 0 Å². The van der Waals surface area contributed by atoms with Gasteiger partial charge in [-0.05, 0) is 30.5 Å². The second kappa shape index (κ2) is 7.08. The number of esters is 1. The fourth-order valence-corrected chi connectivity index (χ4v) is 2.50. The van der Waals surface area contributed by atoms with Gasteiger partial charge < -0.3 is 4.74 Å². The molecule has 2 heterocycles. The average molecular weight is 322 g/mol. The highest BCUT2D eigenvalue weighted by molar-refractivity contribution is 5.69. The molecule has 0 atom stereocenters. The van der Waals surface area contributed by atoms with Crippen molar-refractivity contribution in [2.45, 2.75) is 26.4 Å². The Morgan fingerprint density at radius 3 is 2.75 bits per heavy atom. The monoisotopic (exact) mass is 322 g/mol. The summed E-state index contributed by atoms with van der Waals surface area (Å²) >= 11 is 0. The summed E-state index contributed by atoms with van der Waals surface area (Å²) in [6.45, 7) is 1.89. The largest absolute Gasteiger partial charge is 0.459 e. The number of ether oxygens (including phenoxy) is 1. The van der Waals surface area contributed by atoms with E-state index in [0.717, 1.165) is 11.1 Å². The minimum absolute atomic E-state index is 0.00764. The zero-order chi connectivity index (χ0) is 16.9. The molecule has 0 saturated carbocycles. The number of hydrogen-bond acceptors (Lipinski definition) is 4. The molecule has 0 unspecified atom stereocenters. The lowest BCUT2D eigenvalue weighted by Gasteiger charge is -2.07. The summed E-state index contributed by atoms with van der Waals surface area (Å²) in [5.41, 5.74) is 2.85. The molecule has 1 aromatic carbocycles. The molecule has 5 nitrogen and oxygen atoms in total. The molecular formula is C19H18N2O3. The van der Waals surface area contributed by atoms with E-state index in [1.54, 1.807) is 12.3 Å². The Balaban J connectivity index is 1.64. The number of pyridine rings is 1. The molecule has 0 saturated heterocycles. The van der Waals surface area contributed by atoms with Gasteiger partial charge in [0.15, 0.2) is 0 Å². The van der Waals surface area contributed by atoms with Gasteiger partial charge in [-0.1, -0.05) is 36.4 Å². The van der Waals surface area contributed by atoms with Crippen molar-refractivity contribution in [3.8, 4) is 0 Å². The van der Waals surface area contributed by atoms with Gasteiger partial charge in [-0.25, -0.2) is 4.98 Å². The SMILES string of the molecule is Cc1cccn2c(=O)cc(COC(=O)CCc3ccccc3)nc12. The van der Waals surface area contributed by atoms with Gasteiger partial charge >= 0.3 is 5.97 Å². The predicted octanol–water partition coefficient (Wildman–Crippen LogP) is 2.68. The number of hydrogen-bond donors (Lipinski definition) is 0. The van der Waals surface area contributed by atoms with E-state index in [2.05, 4.69) is 4.98 Å². The first-order valence-electron chi connectivity index (χ1n) is 7.81. The molecule has 3 rings (SSSR count). The third-order valence-corrected chi connectivity index (χ3v) is 3.78. The molecule has 5 heteroatoms. The summed E-state index contributed by atoms with van der Waals surface area (Å²) < 4.78 is 6.73. The first-order valence-corrected chi connectivity index (χ1v) is 7.81. The highest BCUT2D eigenvalue weighted by Gasteiger charge is 2.08. The van der Waals surface area contributed by atoms with Crippen molar-refractivity contribution in [2.75, 3.05) is 0 Å². The van der Waals surface area contributed by atoms with Gasteiger partial charge in [-0.15, -0.1) is 0 Å². The van der Waals surface area contributed by atoms with E-state index in [0.29, 0.717) is 24.2 Å². The number of benzene rings is 1. The number of fused-ring (bicyclic) bond motifs is 1. The van der Waals surface area contributed by atoms with Crippen LogP contribution in [0.15, 0.2) is 59.5 Å². The molecule has 0 radical (unpaired) electrons. The zero-order valence-electron chi connectivity index (χ0n) is 13.4. The minimum Gasteiger partial charge on any atom is -0.459 e. The van der Waals surface area contributed by atoms with E-state index in [4.69, 9.17) is 4.74 Å². The van der Waals surface area contributed by atoms with Crippen LogP contribution in [-0.2, 0) is 22.6 Å². The topological polar surface area (TPSA) is 60.7 Å². The van der Waals surface area contributed by atoms with E-state index in [-0.39, 0.29) is 18.1 Å². The van der Waals surface area contributed by atoms with Crippen LogP contribution in [0.4, 0.5) is 0 Å². The summed E-state index contributed by atoms with van der Waals surface area (Å²) in [5.74, 6) is -0.300. The van der Waals surface area contributed by atoms with Crippen LogP contribution in [0.5, 0.6) is 0 Å². The van der Waals surface area contributed by atoms with E-state index >= 15 is 0 Å². The van der Waals surface area contributed by atoms with E-state index in [1.165, 1.54) is 10.5 Å². The van der Waals surface area contributed by atoms with Crippen LogP contribution < -0.4 is 5.56 Å². The molecule has 0 aliphatic carbocycles. The van der Waals surface area contributed by atoms with Crippen LogP contribution in [0.25, 0.3) is 5.65 Å². The Morgan fingerprint density at radius 1 is 1.17 bits per heavy atom. The number of carbonyl (C=O) groups is 1. The van der Waals surface area contributed by atoms with Crippen molar-refractivity contribution in [3.63, 3.8) is 0 Å². The highest BCUT2D eigenvalue weighted by Crippen LogP contribution is 2.07. The van der Waals surface area contributed by atoms with Crippen LogP contribution in [0.2, 0.25) is 0 Å². The van der Waals surface area contributed by atoms with Gasteiger partial charge in [0, 0.05) is 18.7 Å². The molecule has 0 aliphatic rings. The maximum Gasteiger partial charge on any atom is 0.306 e. The van der Waals surface area contributed by atoms with Gasteiger partial charge in [0.05, 0.1) is 5.69 Å². The van der Waals surface area contributed by atoms with Crippen LogP contribution in [0.1, 0.15) is 23.2 Å². The highest BCUT2D eigenvalue weighted by atomic mass is 16.5. The number of aromatic nitrogens is 2. The minimum atomic E-state index is -0.300. The fraction of sp³-hybridized carbons (Fsp3) is 0.211. The number of nitrogens with zero attached hydrogens (tertiary/aromatic N) is 2. The Morgan fingerprint density at radius 2 is 1.96 bits per heavy atom. The maximum absolute atomic E-state index is 12.1. The molecule has 0 aliphatic heterocycles. The van der Waals surface area contributed by atoms with Crippen LogP contribution in [-0.4, -0.2) is 15.4 Å². The lowest BCUT2D eigenvalue weighted by Crippen LogP contribution is -2.17. The molecular weight excluding hydrogens is 304 g/mol. The third kappa shape index (κ3) is 3.68. The summed E-state index contributed by atoms with van der Waals surface area (Å²) in [6.07, 6.45) is 2.61. The lowest BCUT2D eigenvalue weighted by molar-refractivity contribution is -0.145. The Hall–Kier alpha value is -2.95. The zero-order valence-corrected chi connectivity index (χ0v) is 13.4. The van der Waals surface area contributed by atoms with E-state index in [9.17, 15) is 9.59 Å². The summed E-state index contributed by atoms with van der Waals surface area (Å²) in [7, 11) is 0. The van der Waals surface area contributed by atoms with Gasteiger partial charge in [0.25, 0.3) is 5.56 Å². The Bertz CT molecular complexity index is 917. The van der Waals surface area contributed by atoms with E-state index < -0.39 is 0 Å². The predicted molar refractivity (Wildman–Crippen MR) is 90.8 cm³/mol. The van der Waals surface area contributed by atoms with Crippen LogP contribution >= 0.6 is 0 Å². The number of carbonyl (C=O) groups excluding carboxylic acids is 1. The Kier molecular flexibility index (Phi) is 4.70. The molecule has 0 spiro atoms. The van der Waals surface area contributed by atoms with Crippen molar-refractivity contribution >= 4 is 11.6 Å². The smallest absolute Gasteiger partial charge is 0.306 e. The second-order valence-corrected chi connectivity index (χ2v) is 5.62. The lowest BCUT2D eigenvalue weighted by atomic mass is 10.1. The molecule has 0 fully saturated rings. The maximum atomic E-state index is 12.1. The molecule has 122 valence electrons. The summed E-state index contributed by atoms with van der Waals surface area (Å²) in [5, 5.41) is 0. The van der Waals surface area contributed by atoms with Crippen LogP contribution in [0, 0.1) is 6.92 Å². The second-order valence-electron chi connectivity index (χ2n) is 5.62. The van der Waals surface area contributed by atoms with Gasteiger partial charge in [-0.2, -0.15) is 0 Å². The van der Waals surface area contributed by atoms with Crippen molar-refractivity contribution in [3.05, 3.63) is 81.9 Å². The molecule has 0 N–H and O–H groups in total. The standard InChI is InChI=1S/C19H18N2O3/c1-14-6-5-11-21-17(22)12-16(20-19(14)21)13-24-18(23)10-9-15-7-3-2-4-8-15/h2-8,11-12H,9-10,13H2,1H3. The molecule has 2 aromatic heterocycles. The number of aryl methyl sites for hydroxylation is 2. The quantitative estimate of drug-likeness (QED) is 0.678. The fourth-order valence-electron chi connectivity index (χ4n) is 2.50. The summed E-state index contributed by atoms with van der Waals surface area (Å²) in [4.78, 5) is 28.4. The molecule has 24 heavy (non-hydrogen) atoms. The van der Waals surface area contributed by atoms with Crippen molar-refractivity contribution in [1.29, 1.82) is 0 Å². The third-order valence-electron chi connectivity index (χ3n) is 3.78. The van der Waals surface area contributed by atoms with Gasteiger partial charge in [0.2, 0.25) is 0 Å².